The minimum Gasteiger partial charge on any atom is -0.325 e. The Bertz CT molecular complexity index is 195. The van der Waals surface area contributed by atoms with Gasteiger partial charge in [-0.2, -0.15) is 0 Å². The number of hydrogen-bond donors (Lipinski definition) is 0. The van der Waals surface area contributed by atoms with Crippen LogP contribution >= 0.6 is 11.8 Å². The van der Waals surface area contributed by atoms with Crippen LogP contribution in [-0.2, 0) is 12.3 Å². The van der Waals surface area contributed by atoms with Gasteiger partial charge in [0.15, 0.2) is 0 Å². The van der Waals surface area contributed by atoms with Crippen LogP contribution in [0.25, 0.3) is 0 Å². The minimum atomic E-state index is 1.02. The first kappa shape index (κ1) is 7.66. The number of hydrogen-bond acceptors (Lipinski definition) is 2. The molecule has 0 fully saturated rings. The van der Waals surface area contributed by atoms with Crippen molar-refractivity contribution in [3.63, 3.8) is 0 Å². The molecule has 1 aromatic heterocycles. The fourth-order valence-corrected chi connectivity index (χ4v) is 1.42. The maximum atomic E-state index is 4.20. The smallest absolute Gasteiger partial charge is 0.109 e. The Morgan fingerprint density at radius 3 is 3.10 bits per heavy atom. The van der Waals surface area contributed by atoms with Crippen LogP contribution in [-0.4, -0.2) is 15.8 Å². The normalized spacial score (nSPS) is 10.2. The molecule has 0 amide bonds. The van der Waals surface area contributed by atoms with Gasteiger partial charge in [0.2, 0.25) is 0 Å². The van der Waals surface area contributed by atoms with Crippen LogP contribution in [0.5, 0.6) is 0 Å². The fourth-order valence-electron chi connectivity index (χ4n) is 0.911. The van der Waals surface area contributed by atoms with Crippen molar-refractivity contribution in [2.45, 2.75) is 19.2 Å². The van der Waals surface area contributed by atoms with Gasteiger partial charge in [-0.1, -0.05) is 6.92 Å². The first-order valence-corrected chi connectivity index (χ1v) is 4.76. The molecule has 1 heterocycles. The second-order valence-electron chi connectivity index (χ2n) is 2.08. The van der Waals surface area contributed by atoms with Crippen molar-refractivity contribution in [2.75, 3.05) is 6.26 Å². The van der Waals surface area contributed by atoms with E-state index in [2.05, 4.69) is 22.7 Å². The van der Waals surface area contributed by atoms with Gasteiger partial charge < -0.3 is 4.57 Å². The molecule has 0 radical (unpaired) electrons. The lowest BCUT2D eigenvalue weighted by molar-refractivity contribution is 0.794. The van der Waals surface area contributed by atoms with Crippen LogP contribution in [0, 0.1) is 0 Å². The van der Waals surface area contributed by atoms with Gasteiger partial charge in [0, 0.05) is 18.8 Å². The predicted molar refractivity (Wildman–Crippen MR) is 45.1 cm³/mol. The zero-order chi connectivity index (χ0) is 7.40. The molecule has 0 aliphatic carbocycles. The summed E-state index contributed by atoms with van der Waals surface area (Å²) >= 11 is 1.81. The van der Waals surface area contributed by atoms with Crippen molar-refractivity contribution in [1.29, 1.82) is 0 Å². The molecule has 0 aromatic carbocycles. The summed E-state index contributed by atoms with van der Waals surface area (Å²) in [7, 11) is 0. The van der Waals surface area contributed by atoms with Crippen molar-refractivity contribution < 1.29 is 0 Å². The van der Waals surface area contributed by atoms with Crippen LogP contribution in [0.2, 0.25) is 0 Å². The Balaban J connectivity index is 2.70. The van der Waals surface area contributed by atoms with Crippen molar-refractivity contribution in [1.82, 2.24) is 9.55 Å². The van der Waals surface area contributed by atoms with Gasteiger partial charge >= 0.3 is 0 Å². The summed E-state index contributed by atoms with van der Waals surface area (Å²) in [5.41, 5.74) is 0. The Morgan fingerprint density at radius 2 is 2.50 bits per heavy atom. The van der Waals surface area contributed by atoms with E-state index >= 15 is 0 Å². The van der Waals surface area contributed by atoms with E-state index < -0.39 is 0 Å². The highest BCUT2D eigenvalue weighted by Gasteiger charge is 1.96. The van der Waals surface area contributed by atoms with Gasteiger partial charge in [-0.3, -0.25) is 0 Å². The molecule has 0 unspecified atom stereocenters. The molecular weight excluding hydrogens is 144 g/mol. The average Bonchev–Trinajstić information content (AvgIpc) is 2.36. The summed E-state index contributed by atoms with van der Waals surface area (Å²) in [4.78, 5) is 4.20. The van der Waals surface area contributed by atoms with Crippen molar-refractivity contribution in [3.05, 3.63) is 18.2 Å². The number of aromatic nitrogens is 2. The quantitative estimate of drug-likeness (QED) is 0.663. The first-order valence-electron chi connectivity index (χ1n) is 3.37. The lowest BCUT2D eigenvalue weighted by Gasteiger charge is -2.01. The van der Waals surface area contributed by atoms with E-state index in [1.807, 2.05) is 24.2 Å². The largest absolute Gasteiger partial charge is 0.325 e. The zero-order valence-corrected chi connectivity index (χ0v) is 7.19. The molecule has 0 bridgehead atoms. The predicted octanol–water partition coefficient (Wildman–Crippen LogP) is 1.77. The molecular formula is C7H12N2S. The van der Waals surface area contributed by atoms with E-state index in [1.54, 1.807) is 0 Å². The van der Waals surface area contributed by atoms with Crippen LogP contribution < -0.4 is 0 Å². The molecule has 0 spiro atoms. The first-order chi connectivity index (χ1) is 4.88. The van der Waals surface area contributed by atoms with Gasteiger partial charge in [-0.25, -0.2) is 4.98 Å². The standard InChI is InChI=1S/C7H12N2S/c1-3-7-8-4-5-9(7)6-10-2/h4-5H,3,6H2,1-2H3. The van der Waals surface area contributed by atoms with Crippen LogP contribution in [0.15, 0.2) is 12.4 Å². The summed E-state index contributed by atoms with van der Waals surface area (Å²) in [6, 6.07) is 0. The van der Waals surface area contributed by atoms with Crippen LogP contribution in [0.4, 0.5) is 0 Å². The van der Waals surface area contributed by atoms with Gasteiger partial charge in [0.1, 0.15) is 5.82 Å². The minimum absolute atomic E-state index is 1.02. The number of nitrogens with zero attached hydrogens (tertiary/aromatic N) is 2. The number of rotatable bonds is 3. The van der Waals surface area contributed by atoms with Crippen molar-refractivity contribution in [2.24, 2.45) is 0 Å². The summed E-state index contributed by atoms with van der Waals surface area (Å²) < 4.78 is 2.17. The SMILES string of the molecule is CCc1nccn1CSC. The highest BCUT2D eigenvalue weighted by molar-refractivity contribution is 7.97. The Labute approximate surface area is 65.7 Å². The number of thioether (sulfide) groups is 1. The number of aryl methyl sites for hydroxylation is 1. The van der Waals surface area contributed by atoms with Crippen molar-refractivity contribution in [3.8, 4) is 0 Å². The van der Waals surface area contributed by atoms with Gasteiger partial charge in [-0.15, -0.1) is 11.8 Å². The molecule has 0 aliphatic rings. The summed E-state index contributed by atoms with van der Waals surface area (Å²) in [5.74, 6) is 2.19. The van der Waals surface area contributed by atoms with Crippen LogP contribution in [0.1, 0.15) is 12.7 Å². The third-order valence-corrected chi connectivity index (χ3v) is 1.92. The monoisotopic (exact) mass is 156 g/mol. The number of imidazole rings is 1. The molecule has 0 saturated heterocycles. The topological polar surface area (TPSA) is 17.8 Å². The molecule has 10 heavy (non-hydrogen) atoms. The second kappa shape index (κ2) is 3.66. The van der Waals surface area contributed by atoms with E-state index in [1.165, 1.54) is 5.82 Å². The van der Waals surface area contributed by atoms with Crippen LogP contribution in [0.3, 0.4) is 0 Å². The molecule has 1 rings (SSSR count). The molecule has 0 aliphatic heterocycles. The lowest BCUT2D eigenvalue weighted by atomic mass is 10.5. The maximum Gasteiger partial charge on any atom is 0.109 e. The highest BCUT2D eigenvalue weighted by atomic mass is 32.2. The molecule has 0 saturated carbocycles. The maximum absolute atomic E-state index is 4.20. The Hall–Kier alpha value is -0.440. The third kappa shape index (κ3) is 1.53. The van der Waals surface area contributed by atoms with E-state index in [0.717, 1.165) is 12.3 Å². The van der Waals surface area contributed by atoms with E-state index in [-0.39, 0.29) is 0 Å². The fraction of sp³-hybridized carbons (Fsp3) is 0.571. The van der Waals surface area contributed by atoms with Gasteiger partial charge in [-0.05, 0) is 6.26 Å². The average molecular weight is 156 g/mol. The van der Waals surface area contributed by atoms with E-state index in [4.69, 9.17) is 0 Å². The molecule has 2 nitrogen and oxygen atoms in total. The highest BCUT2D eigenvalue weighted by Crippen LogP contribution is 2.03. The Morgan fingerprint density at radius 1 is 1.70 bits per heavy atom. The summed E-state index contributed by atoms with van der Waals surface area (Å²) in [6.07, 6.45) is 7.00. The van der Waals surface area contributed by atoms with E-state index in [9.17, 15) is 0 Å². The van der Waals surface area contributed by atoms with Gasteiger partial charge in [0.05, 0.1) is 5.88 Å². The van der Waals surface area contributed by atoms with E-state index in [0.29, 0.717) is 0 Å². The second-order valence-corrected chi connectivity index (χ2v) is 2.92. The third-order valence-electron chi connectivity index (χ3n) is 1.39. The molecule has 0 atom stereocenters. The van der Waals surface area contributed by atoms with Crippen molar-refractivity contribution >= 4 is 11.8 Å². The lowest BCUT2D eigenvalue weighted by Crippen LogP contribution is -1.98. The molecule has 56 valence electrons. The molecule has 3 heteroatoms. The van der Waals surface area contributed by atoms with Gasteiger partial charge in [0.25, 0.3) is 0 Å². The molecule has 0 N–H and O–H groups in total. The Kier molecular flexibility index (Phi) is 2.81. The summed E-state index contributed by atoms with van der Waals surface area (Å²) in [5, 5.41) is 0. The molecule has 1 aromatic rings. The zero-order valence-electron chi connectivity index (χ0n) is 6.37. The summed E-state index contributed by atoms with van der Waals surface area (Å²) in [6.45, 7) is 2.12.